The first-order valence-electron chi connectivity index (χ1n) is 8.56. The second kappa shape index (κ2) is 10.8. The molecule has 1 aliphatic carbocycles. The summed E-state index contributed by atoms with van der Waals surface area (Å²) >= 11 is 0. The summed E-state index contributed by atoms with van der Waals surface area (Å²) in [6, 6.07) is 7.42. The molecule has 1 aliphatic rings. The first-order chi connectivity index (χ1) is 10.5. The van der Waals surface area contributed by atoms with E-state index >= 15 is 0 Å². The highest BCUT2D eigenvalue weighted by molar-refractivity contribution is 7.85. The predicted molar refractivity (Wildman–Crippen MR) is 91.6 cm³/mol. The Bertz CT molecular complexity index is 474. The molecule has 0 amide bonds. The lowest BCUT2D eigenvalue weighted by molar-refractivity contribution is 0.409. The Labute approximate surface area is 135 Å². The van der Waals surface area contributed by atoms with Crippen molar-refractivity contribution in [1.29, 1.82) is 0 Å². The van der Waals surface area contributed by atoms with Crippen molar-refractivity contribution in [2.75, 3.05) is 0 Å². The quantitative estimate of drug-likeness (QED) is 0.443. The molecule has 0 saturated heterocycles. The van der Waals surface area contributed by atoms with Gasteiger partial charge in [-0.05, 0) is 18.1 Å². The van der Waals surface area contributed by atoms with Crippen molar-refractivity contribution >= 4 is 10.1 Å². The molecule has 126 valence electrons. The third-order valence-electron chi connectivity index (χ3n) is 4.23. The average Bonchev–Trinajstić information content (AvgIpc) is 2.77. The van der Waals surface area contributed by atoms with Crippen LogP contribution in [0.4, 0.5) is 0 Å². The molecular weight excluding hydrogens is 296 g/mol. The molecule has 4 heteroatoms. The van der Waals surface area contributed by atoms with Gasteiger partial charge in [0.25, 0.3) is 10.1 Å². The van der Waals surface area contributed by atoms with E-state index in [4.69, 9.17) is 4.55 Å². The SMILES string of the molecule is CCCCCC1CCCCCC1.O=S(=O)(O)c1ccccc1. The molecule has 0 aliphatic heterocycles. The average molecular weight is 327 g/mol. The van der Waals surface area contributed by atoms with E-state index in [-0.39, 0.29) is 4.90 Å². The van der Waals surface area contributed by atoms with Gasteiger partial charge in [0.05, 0.1) is 4.90 Å². The maximum absolute atomic E-state index is 10.4. The van der Waals surface area contributed by atoms with E-state index in [9.17, 15) is 8.42 Å². The van der Waals surface area contributed by atoms with Crippen molar-refractivity contribution in [2.24, 2.45) is 5.92 Å². The highest BCUT2D eigenvalue weighted by atomic mass is 32.2. The summed E-state index contributed by atoms with van der Waals surface area (Å²) in [7, 11) is -4.00. The topological polar surface area (TPSA) is 54.4 Å². The Hall–Kier alpha value is -0.870. The van der Waals surface area contributed by atoms with E-state index in [0.29, 0.717) is 0 Å². The summed E-state index contributed by atoms with van der Waals surface area (Å²) in [5.74, 6) is 1.10. The number of benzene rings is 1. The van der Waals surface area contributed by atoms with Crippen LogP contribution in [0.5, 0.6) is 0 Å². The van der Waals surface area contributed by atoms with E-state index in [1.54, 1.807) is 18.2 Å². The fraction of sp³-hybridized carbons (Fsp3) is 0.667. The molecule has 0 radical (unpaired) electrons. The van der Waals surface area contributed by atoms with Gasteiger partial charge in [-0.3, -0.25) is 4.55 Å². The van der Waals surface area contributed by atoms with Crippen LogP contribution in [-0.4, -0.2) is 13.0 Å². The summed E-state index contributed by atoms with van der Waals surface area (Å²) < 4.78 is 29.2. The Morgan fingerprint density at radius 3 is 2.05 bits per heavy atom. The van der Waals surface area contributed by atoms with Gasteiger partial charge in [-0.15, -0.1) is 0 Å². The summed E-state index contributed by atoms with van der Waals surface area (Å²) in [4.78, 5) is -0.0741. The standard InChI is InChI=1S/C12H24.C6H6O3S/c1-2-3-6-9-12-10-7-4-5-8-11-12;7-10(8,9)6-4-2-1-3-5-6/h12H,2-11H2,1H3;1-5H,(H,7,8,9). The molecule has 0 heterocycles. The van der Waals surface area contributed by atoms with Crippen LogP contribution in [0.2, 0.25) is 0 Å². The van der Waals surface area contributed by atoms with Gasteiger partial charge in [-0.1, -0.05) is 89.3 Å². The molecule has 0 atom stereocenters. The largest absolute Gasteiger partial charge is 0.294 e. The van der Waals surface area contributed by atoms with Crippen molar-refractivity contribution in [3.8, 4) is 0 Å². The Kier molecular flexibility index (Phi) is 9.41. The van der Waals surface area contributed by atoms with Gasteiger partial charge in [0.15, 0.2) is 0 Å². The molecule has 1 N–H and O–H groups in total. The summed E-state index contributed by atoms with van der Waals surface area (Å²) in [5.41, 5.74) is 0. The van der Waals surface area contributed by atoms with Crippen LogP contribution in [-0.2, 0) is 10.1 Å². The maximum Gasteiger partial charge on any atom is 0.294 e. The van der Waals surface area contributed by atoms with E-state index in [1.165, 1.54) is 76.3 Å². The summed E-state index contributed by atoms with van der Waals surface area (Å²) in [6.07, 6.45) is 14.9. The zero-order chi connectivity index (χ0) is 16.3. The van der Waals surface area contributed by atoms with Gasteiger partial charge < -0.3 is 0 Å². The van der Waals surface area contributed by atoms with Crippen LogP contribution in [0.25, 0.3) is 0 Å². The first-order valence-corrected chi connectivity index (χ1v) is 10.0. The molecule has 1 saturated carbocycles. The normalized spacial score (nSPS) is 16.5. The monoisotopic (exact) mass is 326 g/mol. The van der Waals surface area contributed by atoms with Crippen molar-refractivity contribution in [1.82, 2.24) is 0 Å². The second-order valence-corrected chi connectivity index (χ2v) is 7.56. The van der Waals surface area contributed by atoms with E-state index in [1.807, 2.05) is 0 Å². The van der Waals surface area contributed by atoms with Gasteiger partial charge in [0, 0.05) is 0 Å². The third kappa shape index (κ3) is 8.54. The van der Waals surface area contributed by atoms with Crippen molar-refractivity contribution in [3.63, 3.8) is 0 Å². The first kappa shape index (κ1) is 19.2. The smallest absolute Gasteiger partial charge is 0.282 e. The third-order valence-corrected chi connectivity index (χ3v) is 5.10. The molecule has 0 unspecified atom stereocenters. The van der Waals surface area contributed by atoms with E-state index in [2.05, 4.69) is 6.92 Å². The number of hydrogen-bond donors (Lipinski definition) is 1. The van der Waals surface area contributed by atoms with Gasteiger partial charge in [-0.25, -0.2) is 0 Å². The van der Waals surface area contributed by atoms with Gasteiger partial charge in [0.1, 0.15) is 0 Å². The zero-order valence-electron chi connectivity index (χ0n) is 13.7. The van der Waals surface area contributed by atoms with E-state index in [0.717, 1.165) is 5.92 Å². The Morgan fingerprint density at radius 2 is 1.59 bits per heavy atom. The molecule has 0 spiro atoms. The van der Waals surface area contributed by atoms with Crippen LogP contribution in [0, 0.1) is 5.92 Å². The Morgan fingerprint density at radius 1 is 1.00 bits per heavy atom. The number of hydrogen-bond acceptors (Lipinski definition) is 2. The lowest BCUT2D eigenvalue weighted by atomic mass is 9.94. The maximum atomic E-state index is 10.4. The molecule has 0 aromatic heterocycles. The van der Waals surface area contributed by atoms with Crippen molar-refractivity contribution in [3.05, 3.63) is 30.3 Å². The number of unbranched alkanes of at least 4 members (excludes halogenated alkanes) is 2. The minimum atomic E-state index is -4.00. The van der Waals surface area contributed by atoms with Crippen LogP contribution in [0.15, 0.2) is 35.2 Å². The van der Waals surface area contributed by atoms with Crippen LogP contribution < -0.4 is 0 Å². The van der Waals surface area contributed by atoms with Crippen LogP contribution in [0.1, 0.15) is 71.1 Å². The fourth-order valence-electron chi connectivity index (χ4n) is 2.93. The van der Waals surface area contributed by atoms with Gasteiger partial charge >= 0.3 is 0 Å². The molecule has 0 bridgehead atoms. The highest BCUT2D eigenvalue weighted by Gasteiger charge is 2.10. The van der Waals surface area contributed by atoms with Crippen LogP contribution in [0.3, 0.4) is 0 Å². The second-order valence-electron chi connectivity index (χ2n) is 6.14. The molecule has 2 rings (SSSR count). The van der Waals surface area contributed by atoms with Crippen molar-refractivity contribution < 1.29 is 13.0 Å². The molecule has 1 aromatic rings. The van der Waals surface area contributed by atoms with E-state index < -0.39 is 10.1 Å². The molecule has 1 fully saturated rings. The predicted octanol–water partition coefficient (Wildman–Crippen LogP) is 5.47. The lowest BCUT2D eigenvalue weighted by Gasteiger charge is -2.12. The van der Waals surface area contributed by atoms with Crippen molar-refractivity contribution in [2.45, 2.75) is 76.0 Å². The zero-order valence-corrected chi connectivity index (χ0v) is 14.5. The van der Waals surface area contributed by atoms with Gasteiger partial charge in [0.2, 0.25) is 0 Å². The summed E-state index contributed by atoms with van der Waals surface area (Å²) in [6.45, 7) is 2.30. The molecule has 3 nitrogen and oxygen atoms in total. The molecule has 1 aromatic carbocycles. The summed E-state index contributed by atoms with van der Waals surface area (Å²) in [5, 5.41) is 0. The minimum absolute atomic E-state index is 0.0741. The molecular formula is C18H30O3S. The van der Waals surface area contributed by atoms with Crippen LogP contribution >= 0.6 is 0 Å². The number of rotatable bonds is 5. The molecule has 22 heavy (non-hydrogen) atoms. The highest BCUT2D eigenvalue weighted by Crippen LogP contribution is 2.26. The lowest BCUT2D eigenvalue weighted by Crippen LogP contribution is -1.97. The fourth-order valence-corrected chi connectivity index (χ4v) is 3.43. The minimum Gasteiger partial charge on any atom is -0.282 e. The Balaban J connectivity index is 0.000000224. The van der Waals surface area contributed by atoms with Gasteiger partial charge in [-0.2, -0.15) is 8.42 Å².